The number of esters is 1. The molecule has 0 bridgehead atoms. The van der Waals surface area contributed by atoms with Crippen LogP contribution in [0, 0.1) is 11.8 Å². The zero-order chi connectivity index (χ0) is 27.6. The van der Waals surface area contributed by atoms with Crippen LogP contribution in [0.5, 0.6) is 0 Å². The van der Waals surface area contributed by atoms with Crippen LogP contribution in [0.25, 0.3) is 0 Å². The third-order valence-corrected chi connectivity index (χ3v) is 8.85. The Morgan fingerprint density at radius 1 is 1.05 bits per heavy atom. The SMILES string of the molecule is CCCCN1CC=C[C@]23O[C@@]4(CC)/C=C\CCCOC(=O)[C@H]4[C@H]2C(=O)N([C@@H](CO)Cc2ccccc2)C3C1=O. The zero-order valence-electron chi connectivity index (χ0n) is 23.0. The number of carbonyl (C=O) groups is 3. The van der Waals surface area contributed by atoms with Crippen molar-refractivity contribution in [2.75, 3.05) is 26.3 Å². The highest BCUT2D eigenvalue weighted by atomic mass is 16.6. The van der Waals surface area contributed by atoms with E-state index >= 15 is 0 Å². The molecule has 4 aliphatic heterocycles. The molecule has 1 unspecified atom stereocenters. The molecule has 210 valence electrons. The summed E-state index contributed by atoms with van der Waals surface area (Å²) in [6.07, 6.45) is 11.7. The fourth-order valence-corrected chi connectivity index (χ4v) is 6.94. The number of allylic oxidation sites excluding steroid dienone is 1. The molecule has 1 aromatic rings. The molecule has 39 heavy (non-hydrogen) atoms. The Kier molecular flexibility index (Phi) is 7.96. The summed E-state index contributed by atoms with van der Waals surface area (Å²) in [5.41, 5.74) is -1.46. The standard InChI is InChI=1S/C31H40N2O6/c1-3-5-17-32-18-12-16-31-24(25-29(37)38-19-11-7-10-15-30(25,4-2)39-31)27(35)33(26(31)28(32)36)23(21-34)20-22-13-8-6-9-14-22/h6,8-10,12-16,23-26,34H,3-5,7,11,17-21H2,1-2H3/b15-10-/t23-,24+,25-,26?,30+,31+/m1/s1. The third kappa shape index (κ3) is 4.61. The molecule has 6 atom stereocenters. The third-order valence-electron chi connectivity index (χ3n) is 8.85. The minimum absolute atomic E-state index is 0.203. The van der Waals surface area contributed by atoms with Crippen molar-refractivity contribution in [2.24, 2.45) is 11.8 Å². The van der Waals surface area contributed by atoms with E-state index in [1.807, 2.05) is 61.6 Å². The highest BCUT2D eigenvalue weighted by molar-refractivity contribution is 5.99. The molecule has 8 heteroatoms. The quantitative estimate of drug-likeness (QED) is 0.405. The van der Waals surface area contributed by atoms with Crippen molar-refractivity contribution in [2.45, 2.75) is 75.7 Å². The maximum absolute atomic E-state index is 14.6. The molecule has 0 aromatic heterocycles. The zero-order valence-corrected chi connectivity index (χ0v) is 23.0. The van der Waals surface area contributed by atoms with E-state index in [4.69, 9.17) is 9.47 Å². The van der Waals surface area contributed by atoms with E-state index in [2.05, 4.69) is 6.92 Å². The second kappa shape index (κ2) is 11.3. The monoisotopic (exact) mass is 536 g/mol. The molecule has 1 N–H and O–H groups in total. The lowest BCUT2D eigenvalue weighted by Crippen LogP contribution is -2.59. The van der Waals surface area contributed by atoms with E-state index in [-0.39, 0.29) is 25.0 Å². The minimum Gasteiger partial charge on any atom is -0.465 e. The van der Waals surface area contributed by atoms with Gasteiger partial charge >= 0.3 is 5.97 Å². The molecule has 8 nitrogen and oxygen atoms in total. The normalized spacial score (nSPS) is 33.8. The molecule has 1 spiro atoms. The number of hydrogen-bond donors (Lipinski definition) is 1. The van der Waals surface area contributed by atoms with Crippen molar-refractivity contribution in [1.29, 1.82) is 0 Å². The first-order chi connectivity index (χ1) is 18.9. The number of nitrogens with zero attached hydrogens (tertiary/aromatic N) is 2. The van der Waals surface area contributed by atoms with Gasteiger partial charge in [-0.1, -0.05) is 74.9 Å². The summed E-state index contributed by atoms with van der Waals surface area (Å²) in [5, 5.41) is 10.6. The van der Waals surface area contributed by atoms with Crippen molar-refractivity contribution < 1.29 is 29.0 Å². The van der Waals surface area contributed by atoms with Gasteiger partial charge in [0.1, 0.15) is 23.2 Å². The molecule has 0 radical (unpaired) electrons. The summed E-state index contributed by atoms with van der Waals surface area (Å²) in [4.78, 5) is 45.9. The van der Waals surface area contributed by atoms with Crippen molar-refractivity contribution in [3.05, 3.63) is 60.2 Å². The van der Waals surface area contributed by atoms with Crippen molar-refractivity contribution >= 4 is 17.8 Å². The molecule has 0 saturated carbocycles. The van der Waals surface area contributed by atoms with E-state index in [0.29, 0.717) is 32.4 Å². The largest absolute Gasteiger partial charge is 0.465 e. The number of aliphatic hydroxyl groups excluding tert-OH is 1. The molecule has 1 aromatic carbocycles. The van der Waals surface area contributed by atoms with E-state index in [1.165, 1.54) is 4.90 Å². The summed E-state index contributed by atoms with van der Waals surface area (Å²) in [7, 11) is 0. The van der Waals surface area contributed by atoms with Crippen LogP contribution >= 0.6 is 0 Å². The molecule has 4 heterocycles. The first-order valence-corrected chi connectivity index (χ1v) is 14.4. The van der Waals surface area contributed by atoms with Gasteiger partial charge in [0.25, 0.3) is 0 Å². The molecule has 2 fully saturated rings. The van der Waals surface area contributed by atoms with Gasteiger partial charge in [0.2, 0.25) is 11.8 Å². The van der Waals surface area contributed by atoms with E-state index in [9.17, 15) is 19.5 Å². The van der Waals surface area contributed by atoms with Gasteiger partial charge in [-0.25, -0.2) is 0 Å². The van der Waals surface area contributed by atoms with Gasteiger partial charge in [0, 0.05) is 13.1 Å². The highest BCUT2D eigenvalue weighted by Crippen LogP contribution is 2.58. The molecule has 2 saturated heterocycles. The van der Waals surface area contributed by atoms with Gasteiger partial charge < -0.3 is 24.4 Å². The number of amides is 2. The molecule has 0 aliphatic carbocycles. The van der Waals surface area contributed by atoms with Crippen LogP contribution in [0.2, 0.25) is 0 Å². The lowest BCUT2D eigenvalue weighted by atomic mass is 9.73. The van der Waals surface area contributed by atoms with E-state index in [0.717, 1.165) is 24.8 Å². The molecule has 5 rings (SSSR count). The molecule has 2 amide bonds. The average molecular weight is 537 g/mol. The summed E-state index contributed by atoms with van der Waals surface area (Å²) in [6, 6.07) is 7.98. The number of rotatable bonds is 8. The van der Waals surface area contributed by atoms with Gasteiger partial charge in [0.05, 0.1) is 25.2 Å². The first kappa shape index (κ1) is 27.6. The molecule has 4 aliphatic rings. The lowest BCUT2D eigenvalue weighted by Gasteiger charge is -2.41. The average Bonchev–Trinajstić information content (AvgIpc) is 3.33. The number of fused-ring (bicyclic) bond motifs is 2. The smallest absolute Gasteiger partial charge is 0.313 e. The Hall–Kier alpha value is -2.97. The summed E-state index contributed by atoms with van der Waals surface area (Å²) in [5.74, 6) is -2.83. The van der Waals surface area contributed by atoms with Crippen molar-refractivity contribution in [3.63, 3.8) is 0 Å². The van der Waals surface area contributed by atoms with Crippen LogP contribution in [-0.4, -0.2) is 82.3 Å². The van der Waals surface area contributed by atoms with Gasteiger partial charge in [-0.15, -0.1) is 0 Å². The fraction of sp³-hybridized carbons (Fsp3) is 0.581. The van der Waals surface area contributed by atoms with Gasteiger partial charge in [-0.2, -0.15) is 0 Å². The van der Waals surface area contributed by atoms with E-state index < -0.39 is 41.1 Å². The Morgan fingerprint density at radius 3 is 2.56 bits per heavy atom. The second-order valence-corrected chi connectivity index (χ2v) is 11.1. The van der Waals surface area contributed by atoms with Crippen LogP contribution in [0.3, 0.4) is 0 Å². The van der Waals surface area contributed by atoms with Crippen molar-refractivity contribution in [3.8, 4) is 0 Å². The Labute approximate surface area is 230 Å². The number of aliphatic hydroxyl groups is 1. The predicted molar refractivity (Wildman–Crippen MR) is 145 cm³/mol. The number of unbranched alkanes of at least 4 members (excludes halogenated alkanes) is 1. The Balaban J connectivity index is 1.65. The van der Waals surface area contributed by atoms with E-state index in [1.54, 1.807) is 4.90 Å². The van der Waals surface area contributed by atoms with Crippen LogP contribution in [-0.2, 0) is 30.3 Å². The topological polar surface area (TPSA) is 96.4 Å². The Bertz CT molecular complexity index is 1140. The Morgan fingerprint density at radius 2 is 1.85 bits per heavy atom. The maximum Gasteiger partial charge on any atom is 0.313 e. The predicted octanol–water partition coefficient (Wildman–Crippen LogP) is 3.04. The van der Waals surface area contributed by atoms with Crippen LogP contribution in [0.15, 0.2) is 54.6 Å². The fourth-order valence-electron chi connectivity index (χ4n) is 6.94. The second-order valence-electron chi connectivity index (χ2n) is 11.1. The number of benzene rings is 1. The van der Waals surface area contributed by atoms with Crippen LogP contribution in [0.1, 0.15) is 51.5 Å². The summed E-state index contributed by atoms with van der Waals surface area (Å²) >= 11 is 0. The van der Waals surface area contributed by atoms with Gasteiger partial charge in [0.15, 0.2) is 0 Å². The van der Waals surface area contributed by atoms with Crippen LogP contribution in [0.4, 0.5) is 0 Å². The molecular formula is C31H40N2O6. The summed E-state index contributed by atoms with van der Waals surface area (Å²) < 4.78 is 12.6. The summed E-state index contributed by atoms with van der Waals surface area (Å²) in [6.45, 7) is 4.94. The number of carbonyl (C=O) groups excluding carboxylic acids is 3. The number of ether oxygens (including phenoxy) is 2. The molecular weight excluding hydrogens is 496 g/mol. The number of likely N-dealkylation sites (tertiary alicyclic amines) is 1. The lowest BCUT2D eigenvalue weighted by molar-refractivity contribution is -0.163. The van der Waals surface area contributed by atoms with Crippen molar-refractivity contribution in [1.82, 2.24) is 9.80 Å². The van der Waals surface area contributed by atoms with Gasteiger partial charge in [-0.05, 0) is 37.7 Å². The highest BCUT2D eigenvalue weighted by Gasteiger charge is 2.75. The van der Waals surface area contributed by atoms with Gasteiger partial charge in [-0.3, -0.25) is 14.4 Å². The maximum atomic E-state index is 14.6. The number of cyclic esters (lactones) is 1. The first-order valence-electron chi connectivity index (χ1n) is 14.4. The minimum atomic E-state index is -1.34. The van der Waals surface area contributed by atoms with Crippen LogP contribution < -0.4 is 0 Å². The number of hydrogen-bond acceptors (Lipinski definition) is 6.